The molecular weight excluding hydrogens is 387 g/mol. The van der Waals surface area contributed by atoms with E-state index >= 15 is 0 Å². The second-order valence-electron chi connectivity index (χ2n) is 9.05. The fourth-order valence-electron chi connectivity index (χ4n) is 6.12. The molecule has 2 unspecified atom stereocenters. The van der Waals surface area contributed by atoms with Crippen LogP contribution in [0.15, 0.2) is 35.5 Å². The van der Waals surface area contributed by atoms with Gasteiger partial charge in [-0.2, -0.15) is 4.99 Å². The first-order valence-corrected chi connectivity index (χ1v) is 11.4. The number of halogens is 1. The summed E-state index contributed by atoms with van der Waals surface area (Å²) >= 11 is 1.50. The standard InChI is InChI=1S/C23H27FN2O2S/c1-28-7-6-26-14-19(11-17-4-2-3-5-20(17)24)29-22(26)25-21(27)23-12-15-8-16(13-23)10-18(23)9-15/h2-5,14-16,18H,6-13H2,1H3. The molecule has 1 heterocycles. The normalized spacial score (nSPS) is 30.4. The van der Waals surface area contributed by atoms with Crippen molar-refractivity contribution in [3.8, 4) is 0 Å². The topological polar surface area (TPSA) is 43.6 Å². The fraction of sp³-hybridized carbons (Fsp3) is 0.565. The van der Waals surface area contributed by atoms with E-state index in [1.54, 1.807) is 13.2 Å². The van der Waals surface area contributed by atoms with Crippen molar-refractivity contribution >= 4 is 17.2 Å². The lowest BCUT2D eigenvalue weighted by atomic mass is 9.75. The number of benzene rings is 1. The second kappa shape index (κ2) is 7.47. The first-order chi connectivity index (χ1) is 14.1. The molecule has 0 N–H and O–H groups in total. The molecule has 6 heteroatoms. The molecule has 6 rings (SSSR count). The Morgan fingerprint density at radius 1 is 1.28 bits per heavy atom. The van der Waals surface area contributed by atoms with Gasteiger partial charge in [-0.1, -0.05) is 18.2 Å². The van der Waals surface area contributed by atoms with Crippen molar-refractivity contribution in [2.24, 2.45) is 28.2 Å². The molecule has 0 saturated heterocycles. The minimum absolute atomic E-state index is 0.0812. The first kappa shape index (κ1) is 19.2. The molecule has 2 atom stereocenters. The van der Waals surface area contributed by atoms with Crippen molar-refractivity contribution in [1.29, 1.82) is 0 Å². The highest BCUT2D eigenvalue weighted by Crippen LogP contribution is 2.65. The molecule has 1 aromatic heterocycles. The minimum atomic E-state index is -0.206. The average Bonchev–Trinajstić information content (AvgIpc) is 3.28. The number of hydrogen-bond acceptors (Lipinski definition) is 3. The molecule has 4 nitrogen and oxygen atoms in total. The maximum absolute atomic E-state index is 14.1. The molecule has 4 saturated carbocycles. The number of aromatic nitrogens is 1. The summed E-state index contributed by atoms with van der Waals surface area (Å²) < 4.78 is 21.3. The van der Waals surface area contributed by atoms with Crippen LogP contribution in [0.5, 0.6) is 0 Å². The summed E-state index contributed by atoms with van der Waals surface area (Å²) in [4.78, 5) is 19.8. The lowest BCUT2D eigenvalue weighted by Crippen LogP contribution is -2.33. The first-order valence-electron chi connectivity index (χ1n) is 10.6. The third kappa shape index (κ3) is 3.40. The smallest absolute Gasteiger partial charge is 0.254 e. The molecule has 29 heavy (non-hydrogen) atoms. The predicted octanol–water partition coefficient (Wildman–Crippen LogP) is 4.18. The summed E-state index contributed by atoms with van der Waals surface area (Å²) in [5.74, 6) is 1.88. The summed E-state index contributed by atoms with van der Waals surface area (Å²) in [5.41, 5.74) is 0.457. The van der Waals surface area contributed by atoms with E-state index < -0.39 is 0 Å². The number of nitrogens with zero attached hydrogens (tertiary/aromatic N) is 2. The van der Waals surface area contributed by atoms with E-state index in [0.717, 1.165) is 34.4 Å². The van der Waals surface area contributed by atoms with E-state index in [2.05, 4.69) is 4.99 Å². The Morgan fingerprint density at radius 2 is 2.03 bits per heavy atom. The average molecular weight is 415 g/mol. The lowest BCUT2D eigenvalue weighted by Gasteiger charge is -2.29. The molecule has 4 fully saturated rings. The van der Waals surface area contributed by atoms with Crippen molar-refractivity contribution in [1.82, 2.24) is 4.57 Å². The van der Waals surface area contributed by atoms with Crippen LogP contribution in [-0.2, 0) is 22.5 Å². The van der Waals surface area contributed by atoms with E-state index in [9.17, 15) is 9.18 Å². The van der Waals surface area contributed by atoms with E-state index in [0.29, 0.717) is 31.1 Å². The third-order valence-electron chi connectivity index (χ3n) is 7.24. The van der Waals surface area contributed by atoms with Gasteiger partial charge >= 0.3 is 0 Å². The van der Waals surface area contributed by atoms with Gasteiger partial charge in [0, 0.05) is 31.1 Å². The maximum atomic E-state index is 14.1. The van der Waals surface area contributed by atoms with Crippen LogP contribution in [0, 0.1) is 29.0 Å². The molecule has 0 aliphatic heterocycles. The lowest BCUT2D eigenvalue weighted by molar-refractivity contribution is -0.129. The number of ether oxygens (including phenoxy) is 1. The zero-order chi connectivity index (χ0) is 20.0. The minimum Gasteiger partial charge on any atom is -0.383 e. The largest absolute Gasteiger partial charge is 0.383 e. The highest BCUT2D eigenvalue weighted by molar-refractivity contribution is 7.09. The van der Waals surface area contributed by atoms with Gasteiger partial charge in [0.05, 0.1) is 12.0 Å². The van der Waals surface area contributed by atoms with Crippen LogP contribution in [0.4, 0.5) is 4.39 Å². The number of hydrogen-bond donors (Lipinski definition) is 0. The molecule has 154 valence electrons. The van der Waals surface area contributed by atoms with Gasteiger partial charge in [-0.25, -0.2) is 4.39 Å². The molecule has 1 amide bonds. The third-order valence-corrected chi connectivity index (χ3v) is 8.26. The Kier molecular flexibility index (Phi) is 4.95. The number of rotatable bonds is 6. The van der Waals surface area contributed by atoms with Crippen LogP contribution in [0.1, 0.15) is 42.5 Å². The van der Waals surface area contributed by atoms with Gasteiger partial charge in [0.1, 0.15) is 5.82 Å². The van der Waals surface area contributed by atoms with Crippen molar-refractivity contribution in [3.05, 3.63) is 51.5 Å². The molecule has 0 radical (unpaired) electrons. The van der Waals surface area contributed by atoms with E-state index in [1.165, 1.54) is 36.7 Å². The summed E-state index contributed by atoms with van der Waals surface area (Å²) in [6, 6.07) is 6.85. The SMILES string of the molecule is COCCn1cc(Cc2ccccc2F)sc1=NC(=O)C12CC3CC(CC1C3)C2. The molecule has 4 aliphatic carbocycles. The van der Waals surface area contributed by atoms with Crippen molar-refractivity contribution in [3.63, 3.8) is 0 Å². The zero-order valence-electron chi connectivity index (χ0n) is 16.8. The van der Waals surface area contributed by atoms with Crippen molar-refractivity contribution < 1.29 is 13.9 Å². The highest BCUT2D eigenvalue weighted by Gasteiger charge is 2.61. The van der Waals surface area contributed by atoms with Gasteiger partial charge in [0.15, 0.2) is 4.80 Å². The summed E-state index contributed by atoms with van der Waals surface area (Å²) in [6.07, 6.45) is 8.30. The van der Waals surface area contributed by atoms with Gasteiger partial charge in [-0.05, 0) is 61.5 Å². The van der Waals surface area contributed by atoms with Gasteiger partial charge < -0.3 is 9.30 Å². The van der Waals surface area contributed by atoms with E-state index in [-0.39, 0.29) is 17.1 Å². The number of carbonyl (C=O) groups is 1. The molecular formula is C23H27FN2O2S. The van der Waals surface area contributed by atoms with E-state index in [4.69, 9.17) is 4.74 Å². The van der Waals surface area contributed by atoms with E-state index in [1.807, 2.05) is 22.9 Å². The summed E-state index contributed by atoms with van der Waals surface area (Å²) in [7, 11) is 1.67. The van der Waals surface area contributed by atoms with Crippen LogP contribution in [0.25, 0.3) is 0 Å². The van der Waals surface area contributed by atoms with Gasteiger partial charge in [-0.3, -0.25) is 4.79 Å². The van der Waals surface area contributed by atoms with Gasteiger partial charge in [0.2, 0.25) is 0 Å². The molecule has 4 aliphatic rings. The summed E-state index contributed by atoms with van der Waals surface area (Å²) in [6.45, 7) is 1.19. The number of carbonyl (C=O) groups excluding carboxylic acids is 1. The molecule has 2 aromatic rings. The Balaban J connectivity index is 1.46. The van der Waals surface area contributed by atoms with Crippen LogP contribution in [-0.4, -0.2) is 24.2 Å². The quantitative estimate of drug-likeness (QED) is 0.712. The Labute approximate surface area is 174 Å². The fourth-order valence-corrected chi connectivity index (χ4v) is 7.15. The zero-order valence-corrected chi connectivity index (χ0v) is 17.6. The highest BCUT2D eigenvalue weighted by atomic mass is 32.1. The second-order valence-corrected chi connectivity index (χ2v) is 10.1. The van der Waals surface area contributed by atoms with Crippen molar-refractivity contribution in [2.75, 3.05) is 13.7 Å². The molecule has 1 aromatic carbocycles. The molecule has 4 bridgehead atoms. The number of amides is 1. The predicted molar refractivity (Wildman–Crippen MR) is 110 cm³/mol. The van der Waals surface area contributed by atoms with Crippen LogP contribution in [0.3, 0.4) is 0 Å². The van der Waals surface area contributed by atoms with Gasteiger partial charge in [0.25, 0.3) is 5.91 Å². The van der Waals surface area contributed by atoms with Crippen LogP contribution >= 0.6 is 11.3 Å². The molecule has 0 spiro atoms. The Morgan fingerprint density at radius 3 is 2.76 bits per heavy atom. The Hall–Kier alpha value is -1.79. The summed E-state index contributed by atoms with van der Waals surface area (Å²) in [5, 5.41) is 0. The number of methoxy groups -OCH3 is 1. The number of thiazole rings is 1. The van der Waals surface area contributed by atoms with Crippen LogP contribution < -0.4 is 4.80 Å². The van der Waals surface area contributed by atoms with Crippen molar-refractivity contribution in [2.45, 2.75) is 45.1 Å². The van der Waals surface area contributed by atoms with Gasteiger partial charge in [-0.15, -0.1) is 11.3 Å². The Bertz CT molecular complexity index is 981. The van der Waals surface area contributed by atoms with Crippen LogP contribution in [0.2, 0.25) is 0 Å². The maximum Gasteiger partial charge on any atom is 0.254 e. The monoisotopic (exact) mass is 414 g/mol.